The Labute approximate surface area is 119 Å². The third-order valence-corrected chi connectivity index (χ3v) is 3.91. The number of halogens is 2. The first-order chi connectivity index (χ1) is 9.01. The van der Waals surface area contributed by atoms with Gasteiger partial charge in [0, 0.05) is 6.04 Å². The molecule has 0 amide bonds. The summed E-state index contributed by atoms with van der Waals surface area (Å²) in [5.41, 5.74) is -0.122. The van der Waals surface area contributed by atoms with Crippen molar-refractivity contribution >= 4 is 11.6 Å². The van der Waals surface area contributed by atoms with E-state index in [1.807, 2.05) is 0 Å². The Morgan fingerprint density at radius 2 is 2.16 bits per heavy atom. The molecule has 1 saturated carbocycles. The molecule has 0 unspecified atom stereocenters. The SMILES string of the molecule is CC(C)NCCC1(Oc2ccc(F)cc2Cl)CCC1. The molecule has 0 saturated heterocycles. The summed E-state index contributed by atoms with van der Waals surface area (Å²) in [6.07, 6.45) is 4.22. The van der Waals surface area contributed by atoms with E-state index in [1.54, 1.807) is 6.07 Å². The molecule has 4 heteroatoms. The first-order valence-corrected chi connectivity index (χ1v) is 7.26. The standard InChI is InChI=1S/C15H21ClFNO/c1-11(2)18-9-8-15(6-3-7-15)19-14-5-4-12(17)10-13(14)16/h4-5,10-11,18H,3,6-9H2,1-2H3. The maximum Gasteiger partial charge on any atom is 0.138 e. The summed E-state index contributed by atoms with van der Waals surface area (Å²) in [6, 6.07) is 4.79. The molecule has 1 aliphatic rings. The molecule has 19 heavy (non-hydrogen) atoms. The second-order valence-electron chi connectivity index (χ2n) is 5.57. The van der Waals surface area contributed by atoms with Crippen LogP contribution in [0.1, 0.15) is 39.5 Å². The van der Waals surface area contributed by atoms with E-state index in [4.69, 9.17) is 16.3 Å². The molecule has 0 atom stereocenters. The summed E-state index contributed by atoms with van der Waals surface area (Å²) in [6.45, 7) is 5.19. The minimum atomic E-state index is -0.332. The lowest BCUT2D eigenvalue weighted by atomic mass is 9.77. The van der Waals surface area contributed by atoms with Gasteiger partial charge >= 0.3 is 0 Å². The number of benzene rings is 1. The molecule has 106 valence electrons. The Bertz CT molecular complexity index is 432. The van der Waals surface area contributed by atoms with Gasteiger partial charge in [-0.25, -0.2) is 4.39 Å². The number of rotatable bonds is 6. The van der Waals surface area contributed by atoms with E-state index in [0.29, 0.717) is 16.8 Å². The third-order valence-electron chi connectivity index (χ3n) is 3.62. The van der Waals surface area contributed by atoms with Crippen LogP contribution in [-0.4, -0.2) is 18.2 Å². The van der Waals surface area contributed by atoms with E-state index in [2.05, 4.69) is 19.2 Å². The van der Waals surface area contributed by atoms with Gasteiger partial charge in [-0.05, 0) is 50.4 Å². The summed E-state index contributed by atoms with van der Waals surface area (Å²) >= 11 is 6.02. The quantitative estimate of drug-likeness (QED) is 0.847. The highest BCUT2D eigenvalue weighted by Gasteiger charge is 2.39. The summed E-state index contributed by atoms with van der Waals surface area (Å²) in [5, 5.41) is 3.76. The molecule has 0 radical (unpaired) electrons. The maximum atomic E-state index is 13.0. The summed E-state index contributed by atoms with van der Waals surface area (Å²) in [7, 11) is 0. The van der Waals surface area contributed by atoms with Crippen LogP contribution in [0.25, 0.3) is 0 Å². The zero-order chi connectivity index (χ0) is 13.9. The van der Waals surface area contributed by atoms with E-state index < -0.39 is 0 Å². The van der Waals surface area contributed by atoms with Crippen molar-refractivity contribution < 1.29 is 9.13 Å². The topological polar surface area (TPSA) is 21.3 Å². The van der Waals surface area contributed by atoms with Crippen molar-refractivity contribution in [3.8, 4) is 5.75 Å². The van der Waals surface area contributed by atoms with Crippen LogP contribution >= 0.6 is 11.6 Å². The lowest BCUT2D eigenvalue weighted by Gasteiger charge is -2.42. The molecule has 1 aromatic rings. The molecule has 0 heterocycles. The molecule has 1 aliphatic carbocycles. The van der Waals surface area contributed by atoms with Gasteiger partial charge in [-0.2, -0.15) is 0 Å². The Morgan fingerprint density at radius 1 is 1.42 bits per heavy atom. The largest absolute Gasteiger partial charge is 0.486 e. The van der Waals surface area contributed by atoms with E-state index in [0.717, 1.165) is 25.8 Å². The molecular formula is C15H21ClFNO. The average molecular weight is 286 g/mol. The van der Waals surface area contributed by atoms with Gasteiger partial charge in [0.2, 0.25) is 0 Å². The van der Waals surface area contributed by atoms with Crippen LogP contribution in [0.15, 0.2) is 18.2 Å². The van der Waals surface area contributed by atoms with E-state index >= 15 is 0 Å². The Kier molecular flexibility index (Phi) is 4.69. The van der Waals surface area contributed by atoms with Crippen LogP contribution in [0.5, 0.6) is 5.75 Å². The Hall–Kier alpha value is -0.800. The van der Waals surface area contributed by atoms with Gasteiger partial charge in [-0.1, -0.05) is 25.4 Å². The lowest BCUT2D eigenvalue weighted by molar-refractivity contribution is -0.0145. The van der Waals surface area contributed by atoms with Crippen LogP contribution < -0.4 is 10.1 Å². The van der Waals surface area contributed by atoms with Crippen LogP contribution in [0.3, 0.4) is 0 Å². The highest BCUT2D eigenvalue weighted by Crippen LogP contribution is 2.41. The summed E-state index contributed by atoms with van der Waals surface area (Å²) in [4.78, 5) is 0. The van der Waals surface area contributed by atoms with Crippen LogP contribution in [0, 0.1) is 5.82 Å². The molecule has 1 N–H and O–H groups in total. The van der Waals surface area contributed by atoms with Crippen LogP contribution in [0.2, 0.25) is 5.02 Å². The average Bonchev–Trinajstić information content (AvgIpc) is 2.28. The lowest BCUT2D eigenvalue weighted by Crippen LogP contribution is -2.46. The van der Waals surface area contributed by atoms with E-state index in [9.17, 15) is 4.39 Å². The highest BCUT2D eigenvalue weighted by molar-refractivity contribution is 6.32. The minimum absolute atomic E-state index is 0.122. The van der Waals surface area contributed by atoms with E-state index in [-0.39, 0.29) is 11.4 Å². The Balaban J connectivity index is 1.98. The molecule has 0 spiro atoms. The van der Waals surface area contributed by atoms with Crippen molar-refractivity contribution in [2.45, 2.75) is 51.2 Å². The molecule has 0 aliphatic heterocycles. The van der Waals surface area contributed by atoms with Crippen molar-refractivity contribution in [1.29, 1.82) is 0 Å². The summed E-state index contributed by atoms with van der Waals surface area (Å²) < 4.78 is 19.1. The van der Waals surface area contributed by atoms with Crippen molar-refractivity contribution in [3.63, 3.8) is 0 Å². The fourth-order valence-corrected chi connectivity index (χ4v) is 2.56. The predicted octanol–water partition coefficient (Wildman–Crippen LogP) is 4.17. The van der Waals surface area contributed by atoms with Gasteiger partial charge in [0.15, 0.2) is 0 Å². The van der Waals surface area contributed by atoms with Gasteiger partial charge in [0.25, 0.3) is 0 Å². The van der Waals surface area contributed by atoms with Crippen molar-refractivity contribution in [1.82, 2.24) is 5.32 Å². The third kappa shape index (κ3) is 3.83. The van der Waals surface area contributed by atoms with Crippen LogP contribution in [-0.2, 0) is 0 Å². The number of hydrogen-bond acceptors (Lipinski definition) is 2. The fourth-order valence-electron chi connectivity index (χ4n) is 2.35. The molecule has 0 bridgehead atoms. The van der Waals surface area contributed by atoms with Gasteiger partial charge in [0.05, 0.1) is 5.02 Å². The smallest absolute Gasteiger partial charge is 0.138 e. The normalized spacial score (nSPS) is 17.3. The second-order valence-corrected chi connectivity index (χ2v) is 5.98. The first kappa shape index (κ1) is 14.6. The zero-order valence-electron chi connectivity index (χ0n) is 11.5. The molecule has 2 rings (SSSR count). The highest BCUT2D eigenvalue weighted by atomic mass is 35.5. The fraction of sp³-hybridized carbons (Fsp3) is 0.600. The van der Waals surface area contributed by atoms with Gasteiger partial charge in [-0.15, -0.1) is 0 Å². The minimum Gasteiger partial charge on any atom is -0.486 e. The van der Waals surface area contributed by atoms with Gasteiger partial charge < -0.3 is 10.1 Å². The van der Waals surface area contributed by atoms with Crippen molar-refractivity contribution in [3.05, 3.63) is 29.0 Å². The van der Waals surface area contributed by atoms with Crippen molar-refractivity contribution in [2.75, 3.05) is 6.54 Å². The van der Waals surface area contributed by atoms with Gasteiger partial charge in [-0.3, -0.25) is 0 Å². The van der Waals surface area contributed by atoms with Crippen molar-refractivity contribution in [2.24, 2.45) is 0 Å². The summed E-state index contributed by atoms with van der Waals surface area (Å²) in [5.74, 6) is 0.258. The maximum absolute atomic E-state index is 13.0. The predicted molar refractivity (Wildman–Crippen MR) is 76.4 cm³/mol. The Morgan fingerprint density at radius 3 is 2.68 bits per heavy atom. The second kappa shape index (κ2) is 6.10. The van der Waals surface area contributed by atoms with Crippen LogP contribution in [0.4, 0.5) is 4.39 Å². The molecule has 1 fully saturated rings. The first-order valence-electron chi connectivity index (χ1n) is 6.88. The molecule has 0 aromatic heterocycles. The van der Waals surface area contributed by atoms with Gasteiger partial charge in [0.1, 0.15) is 17.2 Å². The van der Waals surface area contributed by atoms with E-state index in [1.165, 1.54) is 18.6 Å². The molecule has 2 nitrogen and oxygen atoms in total. The number of nitrogens with one attached hydrogen (secondary N) is 1. The molecule has 1 aromatic carbocycles. The number of hydrogen-bond donors (Lipinski definition) is 1. The zero-order valence-corrected chi connectivity index (χ0v) is 12.3. The molecular weight excluding hydrogens is 265 g/mol. The monoisotopic (exact) mass is 285 g/mol. The number of ether oxygens (including phenoxy) is 1.